The lowest BCUT2D eigenvalue weighted by molar-refractivity contribution is -0.119. The molecule has 1 saturated heterocycles. The molecule has 1 aliphatic rings. The highest BCUT2D eigenvalue weighted by Crippen LogP contribution is 2.21. The molecule has 1 atom stereocenters. The van der Waals surface area contributed by atoms with Crippen LogP contribution in [0.5, 0.6) is 0 Å². The van der Waals surface area contributed by atoms with Gasteiger partial charge in [-0.3, -0.25) is 4.79 Å². The van der Waals surface area contributed by atoms with E-state index in [9.17, 15) is 17.6 Å². The first-order valence-corrected chi connectivity index (χ1v) is 7.73. The molecule has 7 heteroatoms. The minimum absolute atomic E-state index is 0.0351. The van der Waals surface area contributed by atoms with Gasteiger partial charge in [0, 0.05) is 17.8 Å². The van der Waals surface area contributed by atoms with Crippen LogP contribution in [-0.2, 0) is 21.2 Å². The molecule has 1 unspecified atom stereocenters. The molecular formula is C12H15FN2O3S. The molecule has 1 heterocycles. The summed E-state index contributed by atoms with van der Waals surface area (Å²) in [5, 5.41) is 2.60. The molecule has 0 saturated carbocycles. The Kier molecular flexibility index (Phi) is 3.86. The number of hydrogen-bond donors (Lipinski definition) is 2. The number of carbonyl (C=O) groups is 1. The summed E-state index contributed by atoms with van der Waals surface area (Å²) < 4.78 is 35.8. The van der Waals surface area contributed by atoms with Crippen LogP contribution >= 0.6 is 0 Å². The first-order valence-electron chi connectivity index (χ1n) is 5.91. The maximum Gasteiger partial charge on any atom is 0.228 e. The van der Waals surface area contributed by atoms with E-state index in [1.165, 1.54) is 18.2 Å². The summed E-state index contributed by atoms with van der Waals surface area (Å²) >= 11 is 0. The van der Waals surface area contributed by atoms with E-state index in [4.69, 9.17) is 5.73 Å². The zero-order valence-electron chi connectivity index (χ0n) is 10.2. The highest BCUT2D eigenvalue weighted by atomic mass is 32.2. The van der Waals surface area contributed by atoms with Crippen molar-refractivity contribution >= 4 is 21.4 Å². The van der Waals surface area contributed by atoms with Crippen LogP contribution in [0.15, 0.2) is 18.2 Å². The predicted molar refractivity (Wildman–Crippen MR) is 69.7 cm³/mol. The van der Waals surface area contributed by atoms with E-state index in [1.807, 2.05) is 0 Å². The van der Waals surface area contributed by atoms with E-state index in [0.29, 0.717) is 17.7 Å². The zero-order chi connectivity index (χ0) is 14.0. The van der Waals surface area contributed by atoms with Crippen molar-refractivity contribution in [2.24, 2.45) is 11.7 Å². The Balaban J connectivity index is 2.07. The summed E-state index contributed by atoms with van der Waals surface area (Å²) in [5.41, 5.74) is 6.11. The maximum absolute atomic E-state index is 13.2. The van der Waals surface area contributed by atoms with Gasteiger partial charge in [0.1, 0.15) is 5.82 Å². The second-order valence-electron chi connectivity index (χ2n) is 4.60. The lowest BCUT2D eigenvalue weighted by atomic mass is 10.1. The maximum atomic E-state index is 13.2. The summed E-state index contributed by atoms with van der Waals surface area (Å²) in [6.07, 6.45) is 0.332. The lowest BCUT2D eigenvalue weighted by Gasteiger charge is -2.10. The topological polar surface area (TPSA) is 89.3 Å². The standard InChI is InChI=1S/C12H15FN2O3S/c13-11-2-1-10(5-9(11)6-14)15-12(16)8-3-4-19(17,18)7-8/h1-2,5,8H,3-4,6-7,14H2,(H,15,16). The second-order valence-corrected chi connectivity index (χ2v) is 6.83. The molecule has 0 bridgehead atoms. The lowest BCUT2D eigenvalue weighted by Crippen LogP contribution is -2.23. The Morgan fingerprint density at radius 3 is 2.79 bits per heavy atom. The average Bonchev–Trinajstić information content (AvgIpc) is 2.72. The van der Waals surface area contributed by atoms with Crippen molar-refractivity contribution in [1.82, 2.24) is 0 Å². The average molecular weight is 286 g/mol. The molecule has 2 rings (SSSR count). The largest absolute Gasteiger partial charge is 0.326 e. The second kappa shape index (κ2) is 5.26. The fourth-order valence-electron chi connectivity index (χ4n) is 2.06. The van der Waals surface area contributed by atoms with E-state index in [-0.39, 0.29) is 24.0 Å². The monoisotopic (exact) mass is 286 g/mol. The van der Waals surface area contributed by atoms with Crippen LogP contribution in [0.3, 0.4) is 0 Å². The van der Waals surface area contributed by atoms with E-state index in [1.54, 1.807) is 0 Å². The quantitative estimate of drug-likeness (QED) is 0.854. The summed E-state index contributed by atoms with van der Waals surface area (Å²) in [4.78, 5) is 11.9. The summed E-state index contributed by atoms with van der Waals surface area (Å²) in [6, 6.07) is 4.11. The molecule has 1 aromatic carbocycles. The molecular weight excluding hydrogens is 271 g/mol. The molecule has 0 aromatic heterocycles. The number of nitrogens with two attached hydrogens (primary N) is 1. The molecule has 0 spiro atoms. The van der Waals surface area contributed by atoms with Crippen molar-refractivity contribution < 1.29 is 17.6 Å². The Morgan fingerprint density at radius 1 is 1.47 bits per heavy atom. The van der Waals surface area contributed by atoms with E-state index in [2.05, 4.69) is 5.32 Å². The smallest absolute Gasteiger partial charge is 0.228 e. The van der Waals surface area contributed by atoms with Gasteiger partial charge >= 0.3 is 0 Å². The van der Waals surface area contributed by atoms with Gasteiger partial charge in [0.2, 0.25) is 5.91 Å². The van der Waals surface area contributed by atoms with Gasteiger partial charge in [-0.25, -0.2) is 12.8 Å². The Hall–Kier alpha value is -1.47. The third-order valence-corrected chi connectivity index (χ3v) is 4.90. The van der Waals surface area contributed by atoms with Crippen molar-refractivity contribution in [2.45, 2.75) is 13.0 Å². The molecule has 19 heavy (non-hydrogen) atoms. The number of sulfone groups is 1. The van der Waals surface area contributed by atoms with Gasteiger partial charge in [-0.2, -0.15) is 0 Å². The van der Waals surface area contributed by atoms with Gasteiger partial charge in [0.05, 0.1) is 17.4 Å². The van der Waals surface area contributed by atoms with Gasteiger partial charge in [-0.15, -0.1) is 0 Å². The van der Waals surface area contributed by atoms with Crippen LogP contribution < -0.4 is 11.1 Å². The molecule has 3 N–H and O–H groups in total. The third-order valence-electron chi connectivity index (χ3n) is 3.14. The molecule has 5 nitrogen and oxygen atoms in total. The van der Waals surface area contributed by atoms with Gasteiger partial charge in [-0.05, 0) is 24.6 Å². The van der Waals surface area contributed by atoms with E-state index in [0.717, 1.165) is 0 Å². The number of halogens is 1. The number of amides is 1. The number of benzene rings is 1. The molecule has 104 valence electrons. The fourth-order valence-corrected chi connectivity index (χ4v) is 3.80. The van der Waals surface area contributed by atoms with Crippen LogP contribution in [0.2, 0.25) is 0 Å². The fraction of sp³-hybridized carbons (Fsp3) is 0.417. The number of rotatable bonds is 3. The predicted octanol–water partition coefficient (Wildman–Crippen LogP) is 0.658. The molecule has 1 aliphatic heterocycles. The van der Waals surface area contributed by atoms with Gasteiger partial charge in [-0.1, -0.05) is 0 Å². The Labute approximate surface area is 110 Å². The molecule has 1 aromatic rings. The number of nitrogens with one attached hydrogen (secondary N) is 1. The number of anilines is 1. The highest BCUT2D eigenvalue weighted by Gasteiger charge is 2.32. The summed E-state index contributed by atoms with van der Waals surface area (Å²) in [7, 11) is -3.09. The normalized spacial score (nSPS) is 21.3. The number of carbonyl (C=O) groups excluding carboxylic acids is 1. The highest BCUT2D eigenvalue weighted by molar-refractivity contribution is 7.91. The minimum Gasteiger partial charge on any atom is -0.326 e. The van der Waals surface area contributed by atoms with Gasteiger partial charge in [0.15, 0.2) is 9.84 Å². The van der Waals surface area contributed by atoms with Crippen LogP contribution in [0.4, 0.5) is 10.1 Å². The van der Waals surface area contributed by atoms with Crippen LogP contribution in [0.1, 0.15) is 12.0 Å². The SMILES string of the molecule is NCc1cc(NC(=O)C2CCS(=O)(=O)C2)ccc1F. The first kappa shape index (κ1) is 14.0. The van der Waals surface area contributed by atoms with E-state index >= 15 is 0 Å². The van der Waals surface area contributed by atoms with Gasteiger partial charge in [0.25, 0.3) is 0 Å². The van der Waals surface area contributed by atoms with Crippen molar-refractivity contribution in [1.29, 1.82) is 0 Å². The van der Waals surface area contributed by atoms with Crippen molar-refractivity contribution in [2.75, 3.05) is 16.8 Å². The minimum atomic E-state index is -3.09. The Bertz CT molecular complexity index is 601. The Morgan fingerprint density at radius 2 is 2.21 bits per heavy atom. The molecule has 0 aliphatic carbocycles. The molecule has 1 fully saturated rings. The van der Waals surface area contributed by atoms with Crippen LogP contribution in [0.25, 0.3) is 0 Å². The van der Waals surface area contributed by atoms with E-state index < -0.39 is 21.6 Å². The zero-order valence-corrected chi connectivity index (χ0v) is 11.0. The molecule has 0 radical (unpaired) electrons. The van der Waals surface area contributed by atoms with Gasteiger partial charge < -0.3 is 11.1 Å². The third kappa shape index (κ3) is 3.30. The van der Waals surface area contributed by atoms with Crippen LogP contribution in [0, 0.1) is 11.7 Å². The number of hydrogen-bond acceptors (Lipinski definition) is 4. The molecule has 1 amide bonds. The van der Waals surface area contributed by atoms with Crippen molar-refractivity contribution in [3.05, 3.63) is 29.6 Å². The van der Waals surface area contributed by atoms with Crippen molar-refractivity contribution in [3.63, 3.8) is 0 Å². The van der Waals surface area contributed by atoms with Crippen molar-refractivity contribution in [3.8, 4) is 0 Å². The first-order chi connectivity index (χ1) is 8.91. The summed E-state index contributed by atoms with van der Waals surface area (Å²) in [5.74, 6) is -1.39. The van der Waals surface area contributed by atoms with Crippen LogP contribution in [-0.4, -0.2) is 25.8 Å². The summed E-state index contributed by atoms with van der Waals surface area (Å²) in [6.45, 7) is 0.0351.